The van der Waals surface area contributed by atoms with Crippen LogP contribution in [0, 0.1) is 0 Å². The lowest BCUT2D eigenvalue weighted by molar-refractivity contribution is -0.125. The van der Waals surface area contributed by atoms with E-state index in [1.807, 2.05) is 6.92 Å². The summed E-state index contributed by atoms with van der Waals surface area (Å²) in [5.74, 6) is -0.455. The maximum Gasteiger partial charge on any atom is 0.243 e. The van der Waals surface area contributed by atoms with Gasteiger partial charge in [0.2, 0.25) is 15.9 Å². The van der Waals surface area contributed by atoms with E-state index >= 15 is 0 Å². The Bertz CT molecular complexity index is 1050. The van der Waals surface area contributed by atoms with Crippen molar-refractivity contribution in [3.8, 4) is 0 Å². The number of carbonyl (C=O) groups is 1. The van der Waals surface area contributed by atoms with Crippen LogP contribution in [0.2, 0.25) is 0 Å². The number of hydrogen-bond acceptors (Lipinski definition) is 5. The lowest BCUT2D eigenvalue weighted by Gasteiger charge is -2.28. The summed E-state index contributed by atoms with van der Waals surface area (Å²) >= 11 is 0. The van der Waals surface area contributed by atoms with Gasteiger partial charge in [-0.05, 0) is 29.7 Å². The van der Waals surface area contributed by atoms with E-state index in [-0.39, 0.29) is 4.90 Å². The highest BCUT2D eigenvalue weighted by atomic mass is 32.2. The average Bonchev–Trinajstić information content (AvgIpc) is 2.66. The number of sulfonamides is 1. The molecule has 29 heavy (non-hydrogen) atoms. The van der Waals surface area contributed by atoms with E-state index in [4.69, 9.17) is 0 Å². The van der Waals surface area contributed by atoms with Crippen molar-refractivity contribution in [2.24, 2.45) is 0 Å². The molecule has 0 aliphatic heterocycles. The van der Waals surface area contributed by atoms with Crippen molar-refractivity contribution in [3.05, 3.63) is 65.7 Å². The normalized spacial score (nSPS) is 14.4. The van der Waals surface area contributed by atoms with Crippen molar-refractivity contribution < 1.29 is 21.6 Å². The lowest BCUT2D eigenvalue weighted by Crippen LogP contribution is -2.42. The zero-order valence-corrected chi connectivity index (χ0v) is 18.5. The van der Waals surface area contributed by atoms with Gasteiger partial charge in [0.1, 0.15) is 6.04 Å². The van der Waals surface area contributed by atoms with Crippen molar-refractivity contribution in [2.45, 2.75) is 30.3 Å². The quantitative estimate of drug-likeness (QED) is 0.682. The average molecular weight is 439 g/mol. The maximum absolute atomic E-state index is 13.1. The predicted molar refractivity (Wildman–Crippen MR) is 113 cm³/mol. The fourth-order valence-electron chi connectivity index (χ4n) is 2.97. The van der Waals surface area contributed by atoms with Crippen molar-refractivity contribution >= 4 is 25.8 Å². The van der Waals surface area contributed by atoms with Crippen LogP contribution in [0.25, 0.3) is 0 Å². The summed E-state index contributed by atoms with van der Waals surface area (Å²) in [7, 11) is -5.56. The number of amides is 1. The zero-order valence-electron chi connectivity index (χ0n) is 16.9. The van der Waals surface area contributed by atoms with Crippen LogP contribution in [0.1, 0.15) is 36.6 Å². The van der Waals surface area contributed by atoms with Gasteiger partial charge < -0.3 is 5.32 Å². The number of nitrogens with zero attached hydrogens (tertiary/aromatic N) is 1. The van der Waals surface area contributed by atoms with Crippen LogP contribution in [0.15, 0.2) is 59.5 Å². The molecule has 2 aromatic rings. The molecular weight excluding hydrogens is 412 g/mol. The Kier molecular flexibility index (Phi) is 7.20. The van der Waals surface area contributed by atoms with E-state index in [2.05, 4.69) is 5.32 Å². The third-order valence-electron chi connectivity index (χ3n) is 4.69. The highest BCUT2D eigenvalue weighted by Gasteiger charge is 2.31. The second kappa shape index (κ2) is 9.06. The molecule has 2 atom stereocenters. The summed E-state index contributed by atoms with van der Waals surface area (Å²) in [5, 5.41) is 2.90. The fraction of sp³-hybridized carbons (Fsp3) is 0.350. The monoisotopic (exact) mass is 438 g/mol. The molecule has 0 saturated heterocycles. The molecule has 0 heterocycles. The first-order valence-corrected chi connectivity index (χ1v) is 12.8. The van der Waals surface area contributed by atoms with Gasteiger partial charge in [-0.1, -0.05) is 49.4 Å². The second-order valence-electron chi connectivity index (χ2n) is 6.90. The second-order valence-corrected chi connectivity index (χ2v) is 11.0. The largest absolute Gasteiger partial charge is 0.348 e. The minimum Gasteiger partial charge on any atom is -0.348 e. The topological polar surface area (TPSA) is 101 Å². The summed E-state index contributed by atoms with van der Waals surface area (Å²) in [5.41, 5.74) is 1.29. The highest BCUT2D eigenvalue weighted by Crippen LogP contribution is 2.25. The minimum atomic E-state index is -3.62. The molecule has 0 saturated carbocycles. The first kappa shape index (κ1) is 23.1. The van der Waals surface area contributed by atoms with E-state index in [9.17, 15) is 21.6 Å². The number of nitrogens with one attached hydrogen (secondary N) is 1. The Morgan fingerprint density at radius 2 is 1.48 bits per heavy atom. The van der Waals surface area contributed by atoms with Gasteiger partial charge in [0, 0.05) is 13.3 Å². The molecule has 2 rings (SSSR count). The van der Waals surface area contributed by atoms with Gasteiger partial charge in [-0.3, -0.25) is 4.79 Å². The number of likely N-dealkylation sites (N-methyl/N-ethyl adjacent to an activating group) is 1. The molecule has 158 valence electrons. The molecule has 0 fully saturated rings. The van der Waals surface area contributed by atoms with Gasteiger partial charge in [0.05, 0.1) is 17.2 Å². The molecule has 0 bridgehead atoms. The number of rotatable bonds is 8. The fourth-order valence-corrected chi connectivity index (χ4v) is 4.20. The van der Waals surface area contributed by atoms with Gasteiger partial charge >= 0.3 is 0 Å². The Labute approximate surface area is 172 Å². The number of hydrogen-bond donors (Lipinski definition) is 1. The number of sulfone groups is 1. The standard InChI is InChI=1S/C20H26N2O5S2/c1-5-18(15-11-13-17(14-12-15)28(3,24)25)21-20(23)19(22(2)29(4,26)27)16-9-7-6-8-10-16/h6-14,18-19H,5H2,1-4H3,(H,21,23)/t18-,19-/m0/s1. The smallest absolute Gasteiger partial charge is 0.243 e. The first-order valence-electron chi connectivity index (χ1n) is 9.03. The summed E-state index contributed by atoms with van der Waals surface area (Å²) in [6, 6.07) is 13.6. The molecule has 0 aliphatic rings. The van der Waals surface area contributed by atoms with Crippen molar-refractivity contribution in [1.82, 2.24) is 9.62 Å². The Balaban J connectivity index is 2.33. The van der Waals surface area contributed by atoms with Crippen LogP contribution >= 0.6 is 0 Å². The van der Waals surface area contributed by atoms with Gasteiger partial charge in [0.15, 0.2) is 9.84 Å². The molecule has 0 radical (unpaired) electrons. The molecule has 9 heteroatoms. The summed E-state index contributed by atoms with van der Waals surface area (Å²) < 4.78 is 48.5. The highest BCUT2D eigenvalue weighted by molar-refractivity contribution is 7.90. The van der Waals surface area contributed by atoms with E-state index in [1.165, 1.54) is 19.2 Å². The third-order valence-corrected chi connectivity index (χ3v) is 7.07. The van der Waals surface area contributed by atoms with Crippen molar-refractivity contribution in [1.29, 1.82) is 0 Å². The lowest BCUT2D eigenvalue weighted by atomic mass is 10.0. The Hall–Kier alpha value is -2.23. The van der Waals surface area contributed by atoms with Gasteiger partial charge in [-0.2, -0.15) is 4.31 Å². The van der Waals surface area contributed by atoms with Crippen LogP contribution in [0.5, 0.6) is 0 Å². The van der Waals surface area contributed by atoms with E-state index in [1.54, 1.807) is 42.5 Å². The SMILES string of the molecule is CC[C@H](NC(=O)[C@H](c1ccccc1)N(C)S(C)(=O)=O)c1ccc(S(C)(=O)=O)cc1. The predicted octanol–water partition coefficient (Wildman–Crippen LogP) is 2.29. The first-order chi connectivity index (χ1) is 13.4. The van der Waals surface area contributed by atoms with Crippen molar-refractivity contribution in [3.63, 3.8) is 0 Å². The molecular formula is C20H26N2O5S2. The van der Waals surface area contributed by atoms with Gasteiger partial charge in [-0.15, -0.1) is 0 Å². The van der Waals surface area contributed by atoms with Crippen LogP contribution < -0.4 is 5.32 Å². The summed E-state index contributed by atoms with van der Waals surface area (Å²) in [6.07, 6.45) is 2.73. The van der Waals surface area contributed by atoms with Crippen LogP contribution in [-0.2, 0) is 24.7 Å². The van der Waals surface area contributed by atoms with Gasteiger partial charge in [-0.25, -0.2) is 16.8 Å². The zero-order chi connectivity index (χ0) is 21.8. The van der Waals surface area contributed by atoms with E-state index in [0.717, 1.165) is 22.4 Å². The molecule has 0 aromatic heterocycles. The van der Waals surface area contributed by atoms with Gasteiger partial charge in [0.25, 0.3) is 0 Å². The molecule has 1 amide bonds. The van der Waals surface area contributed by atoms with E-state index in [0.29, 0.717) is 12.0 Å². The molecule has 0 unspecified atom stereocenters. The molecule has 2 aromatic carbocycles. The molecule has 7 nitrogen and oxygen atoms in total. The number of benzene rings is 2. The third kappa shape index (κ3) is 5.88. The number of carbonyl (C=O) groups excluding carboxylic acids is 1. The minimum absolute atomic E-state index is 0.196. The van der Waals surface area contributed by atoms with Crippen LogP contribution in [0.4, 0.5) is 0 Å². The van der Waals surface area contributed by atoms with E-state index < -0.39 is 37.9 Å². The van der Waals surface area contributed by atoms with Crippen molar-refractivity contribution in [2.75, 3.05) is 19.6 Å². The Morgan fingerprint density at radius 3 is 1.93 bits per heavy atom. The molecule has 0 aliphatic carbocycles. The summed E-state index contributed by atoms with van der Waals surface area (Å²) in [6.45, 7) is 1.88. The Morgan fingerprint density at radius 1 is 0.931 bits per heavy atom. The summed E-state index contributed by atoms with van der Waals surface area (Å²) in [4.78, 5) is 13.3. The molecule has 1 N–H and O–H groups in total. The molecule has 0 spiro atoms. The van der Waals surface area contributed by atoms with Crippen LogP contribution in [0.3, 0.4) is 0 Å². The maximum atomic E-state index is 13.1. The van der Waals surface area contributed by atoms with Crippen LogP contribution in [-0.4, -0.2) is 46.6 Å².